The molecular weight excluding hydrogens is 280 g/mol. The first-order chi connectivity index (χ1) is 11.2. The maximum atomic E-state index is 5.86. The summed E-state index contributed by atoms with van der Waals surface area (Å²) < 4.78 is 5.86. The minimum atomic E-state index is 0.721. The van der Waals surface area contributed by atoms with Crippen molar-refractivity contribution in [3.05, 3.63) is 36.2 Å². The van der Waals surface area contributed by atoms with E-state index in [1.165, 1.54) is 57.8 Å². The smallest absolute Gasteiger partial charge is 0.119 e. The van der Waals surface area contributed by atoms with Crippen LogP contribution in [0, 0.1) is 11.8 Å². The average Bonchev–Trinajstić information content (AvgIpc) is 2.56. The van der Waals surface area contributed by atoms with E-state index in [2.05, 4.69) is 20.8 Å². The molecule has 0 N–H and O–H groups in total. The molecule has 1 radical (unpaired) electrons. The second-order valence-corrected chi connectivity index (χ2v) is 6.99. The molecule has 131 valence electrons. The van der Waals surface area contributed by atoms with Gasteiger partial charge in [-0.1, -0.05) is 90.3 Å². The molecule has 1 heteroatoms. The molecule has 1 rings (SSSR count). The number of rotatable bonds is 14. The van der Waals surface area contributed by atoms with E-state index < -0.39 is 0 Å². The van der Waals surface area contributed by atoms with Crippen molar-refractivity contribution < 1.29 is 4.74 Å². The molecule has 0 aliphatic rings. The van der Waals surface area contributed by atoms with Gasteiger partial charge in [0.2, 0.25) is 0 Å². The first-order valence-electron chi connectivity index (χ1n) is 9.72. The molecule has 0 bridgehead atoms. The van der Waals surface area contributed by atoms with Crippen LogP contribution in [0.25, 0.3) is 0 Å². The number of ether oxygens (including phenoxy) is 1. The molecule has 1 nitrogen and oxygen atoms in total. The normalized spacial score (nSPS) is 12.5. The van der Waals surface area contributed by atoms with Gasteiger partial charge in [-0.2, -0.15) is 0 Å². The molecule has 23 heavy (non-hydrogen) atoms. The molecule has 1 aromatic rings. The van der Waals surface area contributed by atoms with Gasteiger partial charge in [0.05, 0.1) is 6.61 Å². The maximum Gasteiger partial charge on any atom is 0.119 e. The molecule has 0 fully saturated rings. The van der Waals surface area contributed by atoms with Gasteiger partial charge in [-0.3, -0.25) is 0 Å². The minimum Gasteiger partial charge on any atom is -0.494 e. The fraction of sp³-hybridized carbons (Fsp3) is 0.682. The molecule has 0 amide bonds. The third-order valence-electron chi connectivity index (χ3n) is 4.70. The molecule has 0 saturated carbocycles. The van der Waals surface area contributed by atoms with Crippen LogP contribution >= 0.6 is 0 Å². The van der Waals surface area contributed by atoms with Crippen LogP contribution in [-0.2, 0) is 0 Å². The van der Waals surface area contributed by atoms with Crippen LogP contribution in [0.2, 0.25) is 0 Å². The predicted molar refractivity (Wildman–Crippen MR) is 102 cm³/mol. The molecule has 0 saturated heterocycles. The van der Waals surface area contributed by atoms with Gasteiger partial charge in [-0.25, -0.2) is 0 Å². The standard InChI is InChI=1S/C22H37O/c1-4-5-6-7-8-9-10-12-15-21(20(2)3)18-19-23-22-16-13-11-14-17-22/h11,13-14,16-17,21H,4-10,12,15,18-19H2,1-3H3. The average molecular weight is 318 g/mol. The Bertz CT molecular complexity index is 357. The van der Waals surface area contributed by atoms with Gasteiger partial charge >= 0.3 is 0 Å². The van der Waals surface area contributed by atoms with Crippen molar-refractivity contribution in [3.8, 4) is 5.75 Å². The fourth-order valence-electron chi connectivity index (χ4n) is 3.08. The molecule has 0 spiro atoms. The molecule has 0 aromatic heterocycles. The summed E-state index contributed by atoms with van der Waals surface area (Å²) in [6.45, 7) is 7.66. The van der Waals surface area contributed by atoms with Crippen molar-refractivity contribution in [3.63, 3.8) is 0 Å². The third kappa shape index (κ3) is 10.4. The summed E-state index contributed by atoms with van der Waals surface area (Å²) in [4.78, 5) is 0. The van der Waals surface area contributed by atoms with Gasteiger partial charge in [-0.05, 0) is 36.8 Å². The zero-order valence-corrected chi connectivity index (χ0v) is 15.7. The van der Waals surface area contributed by atoms with E-state index >= 15 is 0 Å². The Morgan fingerprint density at radius 1 is 0.826 bits per heavy atom. The SMILES string of the molecule is CCCCCCCCCCC(CCOc1ccccc1)[C](C)C. The lowest BCUT2D eigenvalue weighted by Crippen LogP contribution is -2.12. The van der Waals surface area contributed by atoms with E-state index in [4.69, 9.17) is 4.74 Å². The number of unbranched alkanes of at least 4 members (excludes halogenated alkanes) is 7. The van der Waals surface area contributed by atoms with Crippen LogP contribution in [0.1, 0.15) is 85.0 Å². The van der Waals surface area contributed by atoms with Crippen LogP contribution in [0.4, 0.5) is 0 Å². The van der Waals surface area contributed by atoms with Gasteiger partial charge in [-0.15, -0.1) is 0 Å². The lowest BCUT2D eigenvalue weighted by atomic mass is 9.87. The summed E-state index contributed by atoms with van der Waals surface area (Å²) in [5, 5.41) is 0. The molecule has 0 heterocycles. The highest BCUT2D eigenvalue weighted by atomic mass is 16.5. The van der Waals surface area contributed by atoms with Crippen molar-refractivity contribution in [2.75, 3.05) is 6.61 Å². The van der Waals surface area contributed by atoms with Gasteiger partial charge in [0.15, 0.2) is 0 Å². The number of hydrogen-bond donors (Lipinski definition) is 0. The second kappa shape index (κ2) is 13.5. The lowest BCUT2D eigenvalue weighted by Gasteiger charge is -2.20. The molecule has 0 aliphatic carbocycles. The monoisotopic (exact) mass is 317 g/mol. The topological polar surface area (TPSA) is 9.23 Å². The summed E-state index contributed by atoms with van der Waals surface area (Å²) >= 11 is 0. The fourth-order valence-corrected chi connectivity index (χ4v) is 3.08. The predicted octanol–water partition coefficient (Wildman–Crippen LogP) is 7.22. The number of benzene rings is 1. The summed E-state index contributed by atoms with van der Waals surface area (Å²) in [5.74, 6) is 3.27. The van der Waals surface area contributed by atoms with E-state index in [0.29, 0.717) is 0 Å². The summed E-state index contributed by atoms with van der Waals surface area (Å²) in [7, 11) is 0. The Morgan fingerprint density at radius 2 is 1.43 bits per heavy atom. The summed E-state index contributed by atoms with van der Waals surface area (Å²) in [6, 6.07) is 10.2. The molecular formula is C22H37O. The van der Waals surface area contributed by atoms with E-state index in [0.717, 1.165) is 24.7 Å². The number of para-hydroxylation sites is 1. The molecule has 1 unspecified atom stereocenters. The van der Waals surface area contributed by atoms with Crippen LogP contribution < -0.4 is 4.74 Å². The summed E-state index contributed by atoms with van der Waals surface area (Å²) in [5.41, 5.74) is 0. The highest BCUT2D eigenvalue weighted by Crippen LogP contribution is 2.24. The first kappa shape index (κ1) is 20.1. The number of hydrogen-bond acceptors (Lipinski definition) is 1. The van der Waals surface area contributed by atoms with Gasteiger partial charge in [0.1, 0.15) is 5.75 Å². The zero-order valence-electron chi connectivity index (χ0n) is 15.7. The highest BCUT2D eigenvalue weighted by Gasteiger charge is 2.13. The van der Waals surface area contributed by atoms with Gasteiger partial charge < -0.3 is 4.74 Å². The largest absolute Gasteiger partial charge is 0.494 e. The second-order valence-electron chi connectivity index (χ2n) is 6.99. The van der Waals surface area contributed by atoms with Crippen LogP contribution in [0.5, 0.6) is 5.75 Å². The Labute approximate surface area is 144 Å². The Kier molecular flexibility index (Phi) is 11.7. The van der Waals surface area contributed by atoms with E-state index in [-0.39, 0.29) is 0 Å². The zero-order chi connectivity index (χ0) is 16.8. The van der Waals surface area contributed by atoms with Crippen LogP contribution in [0.3, 0.4) is 0 Å². The van der Waals surface area contributed by atoms with Crippen molar-refractivity contribution in [2.24, 2.45) is 5.92 Å². The van der Waals surface area contributed by atoms with Crippen molar-refractivity contribution in [2.45, 2.75) is 85.0 Å². The maximum absolute atomic E-state index is 5.86. The molecule has 1 aromatic carbocycles. The highest BCUT2D eigenvalue weighted by molar-refractivity contribution is 5.20. The van der Waals surface area contributed by atoms with Gasteiger partial charge in [0.25, 0.3) is 0 Å². The summed E-state index contributed by atoms with van der Waals surface area (Å²) in [6.07, 6.45) is 13.7. The third-order valence-corrected chi connectivity index (χ3v) is 4.70. The van der Waals surface area contributed by atoms with Crippen LogP contribution in [0.15, 0.2) is 30.3 Å². The minimum absolute atomic E-state index is 0.721. The molecule has 0 aliphatic heterocycles. The van der Waals surface area contributed by atoms with Crippen molar-refractivity contribution in [1.29, 1.82) is 0 Å². The first-order valence-corrected chi connectivity index (χ1v) is 9.72. The van der Waals surface area contributed by atoms with Crippen LogP contribution in [-0.4, -0.2) is 6.61 Å². The van der Waals surface area contributed by atoms with Crippen molar-refractivity contribution in [1.82, 2.24) is 0 Å². The Hall–Kier alpha value is -0.980. The lowest BCUT2D eigenvalue weighted by molar-refractivity contribution is 0.273. The van der Waals surface area contributed by atoms with Crippen molar-refractivity contribution >= 4 is 0 Å². The Morgan fingerprint density at radius 3 is 2.04 bits per heavy atom. The van der Waals surface area contributed by atoms with E-state index in [1.54, 1.807) is 5.92 Å². The van der Waals surface area contributed by atoms with E-state index in [9.17, 15) is 0 Å². The van der Waals surface area contributed by atoms with E-state index in [1.807, 2.05) is 30.3 Å². The molecule has 1 atom stereocenters. The van der Waals surface area contributed by atoms with Gasteiger partial charge in [0, 0.05) is 0 Å². The quantitative estimate of drug-likeness (QED) is 0.329. The Balaban J connectivity index is 2.07.